The summed E-state index contributed by atoms with van der Waals surface area (Å²) in [6.07, 6.45) is 7.64. The predicted molar refractivity (Wildman–Crippen MR) is 107 cm³/mol. The fraction of sp³-hybridized carbons (Fsp3) is 0.600. The average Bonchev–Trinajstić information content (AvgIpc) is 3.08. The van der Waals surface area contributed by atoms with E-state index in [1.807, 2.05) is 0 Å². The standard InChI is InChI=1S/C20H27N3O5S/c24-19-13-28-18-10-9-15(12-16(18)22-19)29(26,27)23-11-5-8-17(23)20(25)21-14-6-3-1-2-4-7-14/h9-10,12,14,17H,1-8,11,13H2,(H,21,25)(H,22,24). The minimum Gasteiger partial charge on any atom is -0.482 e. The van der Waals surface area contributed by atoms with E-state index in [4.69, 9.17) is 4.74 Å². The lowest BCUT2D eigenvalue weighted by Crippen LogP contribution is -2.48. The fourth-order valence-electron chi connectivity index (χ4n) is 4.37. The van der Waals surface area contributed by atoms with Crippen molar-refractivity contribution in [3.05, 3.63) is 18.2 Å². The molecule has 1 aliphatic carbocycles. The first-order valence-electron chi connectivity index (χ1n) is 10.3. The van der Waals surface area contributed by atoms with Crippen LogP contribution in [0.25, 0.3) is 0 Å². The van der Waals surface area contributed by atoms with E-state index in [0.717, 1.165) is 25.7 Å². The summed E-state index contributed by atoms with van der Waals surface area (Å²) in [5.41, 5.74) is 0.334. The molecule has 0 bridgehead atoms. The van der Waals surface area contributed by atoms with Gasteiger partial charge in [-0.15, -0.1) is 0 Å². The quantitative estimate of drug-likeness (QED) is 0.724. The maximum absolute atomic E-state index is 13.3. The minimum absolute atomic E-state index is 0.0521. The Morgan fingerprint density at radius 3 is 2.62 bits per heavy atom. The number of sulfonamides is 1. The van der Waals surface area contributed by atoms with Crippen molar-refractivity contribution in [2.45, 2.75) is 68.3 Å². The normalized spacial score (nSPS) is 23.6. The Hall–Kier alpha value is -2.13. The summed E-state index contributed by atoms with van der Waals surface area (Å²) < 4.78 is 33.1. The zero-order valence-corrected chi connectivity index (χ0v) is 17.2. The van der Waals surface area contributed by atoms with E-state index in [1.54, 1.807) is 6.07 Å². The summed E-state index contributed by atoms with van der Waals surface area (Å²) in [5, 5.41) is 5.72. The van der Waals surface area contributed by atoms with Gasteiger partial charge in [0.05, 0.1) is 10.6 Å². The number of nitrogens with zero attached hydrogens (tertiary/aromatic N) is 1. The van der Waals surface area contributed by atoms with E-state index in [9.17, 15) is 18.0 Å². The second-order valence-electron chi connectivity index (χ2n) is 7.97. The van der Waals surface area contributed by atoms with Crippen LogP contribution in [-0.4, -0.2) is 49.8 Å². The Kier molecular flexibility index (Phi) is 5.78. The second-order valence-corrected chi connectivity index (χ2v) is 9.86. The third kappa shape index (κ3) is 4.25. The zero-order valence-electron chi connectivity index (χ0n) is 16.4. The average molecular weight is 422 g/mol. The molecule has 2 heterocycles. The van der Waals surface area contributed by atoms with Gasteiger partial charge in [-0.25, -0.2) is 8.42 Å². The van der Waals surface area contributed by atoms with Gasteiger partial charge in [0.25, 0.3) is 5.91 Å². The molecule has 0 radical (unpaired) electrons. The van der Waals surface area contributed by atoms with Gasteiger partial charge in [-0.2, -0.15) is 4.31 Å². The smallest absolute Gasteiger partial charge is 0.262 e. The molecule has 3 aliphatic rings. The number of anilines is 1. The number of benzene rings is 1. The summed E-state index contributed by atoms with van der Waals surface area (Å²) in [7, 11) is -3.87. The first-order chi connectivity index (χ1) is 13.9. The monoisotopic (exact) mass is 421 g/mol. The number of fused-ring (bicyclic) bond motifs is 1. The number of rotatable bonds is 4. The lowest BCUT2D eigenvalue weighted by Gasteiger charge is -2.26. The van der Waals surface area contributed by atoms with Crippen LogP contribution in [0.15, 0.2) is 23.1 Å². The molecule has 1 saturated heterocycles. The molecule has 2 fully saturated rings. The van der Waals surface area contributed by atoms with Gasteiger partial charge in [0.15, 0.2) is 6.61 Å². The van der Waals surface area contributed by atoms with Crippen LogP contribution in [0.2, 0.25) is 0 Å². The highest BCUT2D eigenvalue weighted by Gasteiger charge is 2.40. The lowest BCUT2D eigenvalue weighted by molar-refractivity contribution is -0.125. The number of carbonyl (C=O) groups is 2. The predicted octanol–water partition coefficient (Wildman–Crippen LogP) is 2.01. The van der Waals surface area contributed by atoms with Crippen molar-refractivity contribution in [1.82, 2.24) is 9.62 Å². The van der Waals surface area contributed by atoms with Gasteiger partial charge in [0.2, 0.25) is 15.9 Å². The van der Waals surface area contributed by atoms with Crippen LogP contribution in [0.3, 0.4) is 0 Å². The minimum atomic E-state index is -3.87. The molecule has 1 saturated carbocycles. The third-order valence-corrected chi connectivity index (χ3v) is 7.80. The van der Waals surface area contributed by atoms with Crippen LogP contribution in [0, 0.1) is 0 Å². The van der Waals surface area contributed by atoms with Gasteiger partial charge < -0.3 is 15.4 Å². The van der Waals surface area contributed by atoms with Crippen LogP contribution in [0.5, 0.6) is 5.75 Å². The molecule has 0 aromatic heterocycles. The van der Waals surface area contributed by atoms with Gasteiger partial charge in [-0.3, -0.25) is 9.59 Å². The molecule has 2 amide bonds. The van der Waals surface area contributed by atoms with Gasteiger partial charge in [-0.1, -0.05) is 25.7 Å². The van der Waals surface area contributed by atoms with Crippen molar-refractivity contribution in [2.24, 2.45) is 0 Å². The molecule has 2 N–H and O–H groups in total. The molecule has 9 heteroatoms. The van der Waals surface area contributed by atoms with E-state index in [2.05, 4.69) is 10.6 Å². The number of carbonyl (C=O) groups excluding carboxylic acids is 2. The SMILES string of the molecule is O=C1COc2ccc(S(=O)(=O)N3CCCC3C(=O)NC3CCCCCC3)cc2N1. The molecule has 4 rings (SSSR count). The highest BCUT2D eigenvalue weighted by atomic mass is 32.2. The van der Waals surface area contributed by atoms with Gasteiger partial charge >= 0.3 is 0 Å². The molecule has 1 unspecified atom stereocenters. The zero-order chi connectivity index (χ0) is 20.4. The van der Waals surface area contributed by atoms with E-state index >= 15 is 0 Å². The maximum Gasteiger partial charge on any atom is 0.262 e. The fourth-order valence-corrected chi connectivity index (χ4v) is 6.05. The number of ether oxygens (including phenoxy) is 1. The van der Waals surface area contributed by atoms with Crippen molar-refractivity contribution in [3.63, 3.8) is 0 Å². The van der Waals surface area contributed by atoms with Crippen molar-refractivity contribution in [3.8, 4) is 5.75 Å². The molecule has 2 aliphatic heterocycles. The Balaban J connectivity index is 1.52. The largest absolute Gasteiger partial charge is 0.482 e. The van der Waals surface area contributed by atoms with Gasteiger partial charge in [0, 0.05) is 12.6 Å². The number of hydrogen-bond acceptors (Lipinski definition) is 5. The molecular formula is C20H27N3O5S. The molecule has 8 nitrogen and oxygen atoms in total. The third-order valence-electron chi connectivity index (χ3n) is 5.90. The topological polar surface area (TPSA) is 105 Å². The Labute approximate surface area is 171 Å². The van der Waals surface area contributed by atoms with Gasteiger partial charge in [0.1, 0.15) is 11.8 Å². The summed E-state index contributed by atoms with van der Waals surface area (Å²) in [4.78, 5) is 24.5. The molecule has 1 aromatic rings. The number of nitrogens with one attached hydrogen (secondary N) is 2. The van der Waals surface area contributed by atoms with E-state index in [0.29, 0.717) is 30.8 Å². The maximum atomic E-state index is 13.3. The van der Waals surface area contributed by atoms with Crippen LogP contribution < -0.4 is 15.4 Å². The van der Waals surface area contributed by atoms with E-state index in [1.165, 1.54) is 29.3 Å². The van der Waals surface area contributed by atoms with Crippen molar-refractivity contribution >= 4 is 27.5 Å². The molecule has 158 valence electrons. The van der Waals surface area contributed by atoms with Crippen LogP contribution in [0.1, 0.15) is 51.4 Å². The Bertz CT molecular complexity index is 893. The second kappa shape index (κ2) is 8.31. The van der Waals surface area contributed by atoms with Crippen LogP contribution in [-0.2, 0) is 19.6 Å². The van der Waals surface area contributed by atoms with Crippen molar-refractivity contribution in [1.29, 1.82) is 0 Å². The highest BCUT2D eigenvalue weighted by molar-refractivity contribution is 7.89. The Morgan fingerprint density at radius 2 is 1.86 bits per heavy atom. The summed E-state index contributed by atoms with van der Waals surface area (Å²) >= 11 is 0. The van der Waals surface area contributed by atoms with E-state index in [-0.39, 0.29) is 29.4 Å². The van der Waals surface area contributed by atoms with Crippen molar-refractivity contribution < 1.29 is 22.7 Å². The molecule has 1 aromatic carbocycles. The van der Waals surface area contributed by atoms with E-state index < -0.39 is 16.1 Å². The molecular weight excluding hydrogens is 394 g/mol. The van der Waals surface area contributed by atoms with Gasteiger partial charge in [-0.05, 0) is 43.9 Å². The molecule has 0 spiro atoms. The summed E-state index contributed by atoms with van der Waals surface area (Å²) in [6, 6.07) is 3.85. The molecule has 29 heavy (non-hydrogen) atoms. The summed E-state index contributed by atoms with van der Waals surface area (Å²) in [6.45, 7) is 0.222. The Morgan fingerprint density at radius 1 is 1.10 bits per heavy atom. The van der Waals surface area contributed by atoms with Crippen LogP contribution in [0.4, 0.5) is 5.69 Å². The highest BCUT2D eigenvalue weighted by Crippen LogP contribution is 2.33. The van der Waals surface area contributed by atoms with Crippen LogP contribution >= 0.6 is 0 Å². The lowest BCUT2D eigenvalue weighted by atomic mass is 10.1. The molecule has 1 atom stereocenters. The summed E-state index contributed by atoms with van der Waals surface area (Å²) in [5.74, 6) is -0.0888. The first-order valence-corrected chi connectivity index (χ1v) is 11.8. The van der Waals surface area contributed by atoms with Crippen molar-refractivity contribution in [2.75, 3.05) is 18.5 Å². The number of amides is 2. The first kappa shape index (κ1) is 20.2. The number of hydrogen-bond donors (Lipinski definition) is 2.